The van der Waals surface area contributed by atoms with Crippen LogP contribution in [0.5, 0.6) is 0 Å². The molecule has 29 heavy (non-hydrogen) atoms. The van der Waals surface area contributed by atoms with E-state index in [1.807, 2.05) is 13.8 Å². The fraction of sp³-hybridized carbons (Fsp3) is 0.263. The van der Waals surface area contributed by atoms with Gasteiger partial charge in [0.25, 0.3) is 0 Å². The summed E-state index contributed by atoms with van der Waals surface area (Å²) in [5.74, 6) is -2.07. The molecule has 0 spiro atoms. The van der Waals surface area contributed by atoms with Crippen molar-refractivity contribution in [1.82, 2.24) is 4.57 Å². The molecular weight excluding hydrogens is 400 g/mol. The number of carbonyl (C=O) groups excluding carboxylic acids is 3. The molecular formula is C19H15NNa2O7. The van der Waals surface area contributed by atoms with Gasteiger partial charge in [0, 0.05) is 6.07 Å². The molecule has 1 aromatic carbocycles. The number of benzene rings is 1. The van der Waals surface area contributed by atoms with Crippen LogP contribution in [0.3, 0.4) is 0 Å². The number of rotatable bonds is 4. The summed E-state index contributed by atoms with van der Waals surface area (Å²) in [5, 5.41) is 11.7. The van der Waals surface area contributed by atoms with Crippen LogP contribution in [0.25, 0.3) is 21.9 Å². The zero-order valence-corrected chi connectivity index (χ0v) is 20.7. The number of pyridine rings is 1. The van der Waals surface area contributed by atoms with Gasteiger partial charge in [-0.1, -0.05) is 36.5 Å². The summed E-state index contributed by atoms with van der Waals surface area (Å²) in [6.45, 7) is 4.43. The molecule has 0 N–H and O–H groups in total. The minimum absolute atomic E-state index is 0. The third-order valence-corrected chi connectivity index (χ3v) is 3.99. The number of aromatic nitrogens is 1. The Bertz CT molecular complexity index is 1180. The van der Waals surface area contributed by atoms with E-state index in [-0.39, 0.29) is 81.7 Å². The third-order valence-electron chi connectivity index (χ3n) is 3.99. The van der Waals surface area contributed by atoms with Crippen LogP contribution in [0.2, 0.25) is 0 Å². The minimum Gasteiger partial charge on any atom is -0.542 e. The van der Waals surface area contributed by atoms with Crippen LogP contribution in [0.15, 0.2) is 32.2 Å². The predicted molar refractivity (Wildman–Crippen MR) is 92.1 cm³/mol. The Morgan fingerprint density at radius 2 is 1.76 bits per heavy atom. The van der Waals surface area contributed by atoms with Gasteiger partial charge < -0.3 is 23.7 Å². The summed E-state index contributed by atoms with van der Waals surface area (Å²) < 4.78 is 7.21. The number of hydrogen-bond donors (Lipinski definition) is 0. The topological polar surface area (TPSA) is 126 Å². The summed E-state index contributed by atoms with van der Waals surface area (Å²) in [6.07, 6.45) is 4.42. The molecule has 0 aliphatic heterocycles. The van der Waals surface area contributed by atoms with Crippen LogP contribution in [0.4, 0.5) is 0 Å². The zero-order valence-electron chi connectivity index (χ0n) is 16.7. The molecule has 3 rings (SSSR count). The fourth-order valence-corrected chi connectivity index (χ4v) is 2.95. The maximum absolute atomic E-state index is 12.3. The number of hydrogen-bond acceptors (Lipinski definition) is 7. The van der Waals surface area contributed by atoms with E-state index in [4.69, 9.17) is 14.0 Å². The maximum atomic E-state index is 12.3. The van der Waals surface area contributed by atoms with Gasteiger partial charge in [-0.05, 0) is 25.5 Å². The van der Waals surface area contributed by atoms with Gasteiger partial charge in [-0.25, -0.2) is 0 Å². The number of nitrogens with zero attached hydrogens (tertiary/aromatic N) is 1. The summed E-state index contributed by atoms with van der Waals surface area (Å²) in [5.41, 5.74) is 0.707. The molecule has 0 saturated heterocycles. The van der Waals surface area contributed by atoms with Crippen molar-refractivity contribution in [3.05, 3.63) is 56.2 Å². The van der Waals surface area contributed by atoms with Crippen LogP contribution < -0.4 is 75.1 Å². The monoisotopic (exact) mass is 415 g/mol. The maximum Gasteiger partial charge on any atom is 1.00 e. The quantitative estimate of drug-likeness (QED) is 0.237. The average Bonchev–Trinajstić information content (AvgIpc) is 2.63. The smallest absolute Gasteiger partial charge is 0.542 e. The molecule has 2 aromatic heterocycles. The minimum atomic E-state index is -1.55. The summed E-state index contributed by atoms with van der Waals surface area (Å²) in [6, 6.07) is 3.69. The van der Waals surface area contributed by atoms with E-state index in [9.17, 15) is 19.5 Å². The first kappa shape index (κ1) is 27.5. The van der Waals surface area contributed by atoms with E-state index >= 15 is 0 Å². The molecule has 8 nitrogen and oxygen atoms in total. The van der Waals surface area contributed by atoms with Crippen molar-refractivity contribution < 1.29 is 83.0 Å². The first-order valence-corrected chi connectivity index (χ1v) is 8.15. The molecule has 0 radical (unpaired) electrons. The molecule has 0 fully saturated rings. The van der Waals surface area contributed by atoms with Crippen molar-refractivity contribution in [3.8, 4) is 0 Å². The normalized spacial score (nSPS) is 9.59. The van der Waals surface area contributed by atoms with Crippen LogP contribution >= 0.6 is 0 Å². The number of fused-ring (bicyclic) bond motifs is 2. The van der Waals surface area contributed by atoms with E-state index in [1.54, 1.807) is 4.57 Å². The predicted octanol–water partition coefficient (Wildman–Crippen LogP) is -5.33. The van der Waals surface area contributed by atoms with Crippen molar-refractivity contribution in [3.63, 3.8) is 0 Å². The Morgan fingerprint density at radius 1 is 1.14 bits per heavy atom. The number of aryl methyl sites for hydroxylation is 2. The Morgan fingerprint density at radius 3 is 2.28 bits per heavy atom. The Hall–Kier alpha value is -1.51. The molecule has 2 heterocycles. The molecule has 0 bridgehead atoms. The Balaban J connectivity index is 0.00000148. The summed E-state index contributed by atoms with van der Waals surface area (Å²) in [4.78, 5) is 51.9. The summed E-state index contributed by atoms with van der Waals surface area (Å²) >= 11 is 0. The van der Waals surface area contributed by atoms with E-state index in [1.165, 1.54) is 12.1 Å². The molecule has 0 aliphatic rings. The second-order valence-corrected chi connectivity index (χ2v) is 5.61. The van der Waals surface area contributed by atoms with Crippen molar-refractivity contribution >= 4 is 34.0 Å². The first-order chi connectivity index (χ1) is 12.9. The number of carbonyl (C=O) groups is 1. The molecule has 10 heteroatoms. The standard InChI is InChI=1S/C18H16NO5.CO2.2Na/c1-3-5-10-16-11(13(20)6-7-19(16)4-2)8-12-14(21)9-15(18(22)23)24-17(10)12;2-1-3;;/h6,8-9H,3-5H2,1-2H3,(H,22,23);;;/q-1;;2*+1/p-1. The second-order valence-electron chi connectivity index (χ2n) is 5.61. The number of carboxylic acid groups (broad SMARTS) is 1. The van der Waals surface area contributed by atoms with Gasteiger partial charge in [0.15, 0.2) is 11.2 Å². The average molecular weight is 415 g/mol. The van der Waals surface area contributed by atoms with Crippen LogP contribution in [0.1, 0.15) is 36.4 Å². The Labute approximate surface area is 209 Å². The van der Waals surface area contributed by atoms with Crippen LogP contribution in [-0.2, 0) is 22.6 Å². The number of carboxylic acids is 1. The summed E-state index contributed by atoms with van der Waals surface area (Å²) in [7, 11) is 0. The fourth-order valence-electron chi connectivity index (χ4n) is 2.95. The molecule has 0 aliphatic carbocycles. The molecule has 140 valence electrons. The third kappa shape index (κ3) is 5.77. The zero-order chi connectivity index (χ0) is 20.1. The van der Waals surface area contributed by atoms with Gasteiger partial charge in [-0.2, -0.15) is 9.59 Å². The largest absolute Gasteiger partial charge is 1.00 e. The molecule has 3 aromatic rings. The number of aromatic carboxylic acids is 1. The molecule has 0 saturated carbocycles. The Kier molecular flexibility index (Phi) is 11.6. The van der Waals surface area contributed by atoms with E-state index in [0.29, 0.717) is 29.4 Å². The SMILES string of the molecule is CCCc1c2oc(C(=O)[O-])cc(=O)c2cc2c(=O)c[c-]n(CC)c12.O=C=O.[Na+].[Na+]. The van der Waals surface area contributed by atoms with Crippen molar-refractivity contribution in [2.45, 2.75) is 33.2 Å². The van der Waals surface area contributed by atoms with Gasteiger partial charge in [0.05, 0.1) is 10.8 Å². The van der Waals surface area contributed by atoms with Crippen LogP contribution in [0, 0.1) is 6.20 Å². The molecule has 0 atom stereocenters. The van der Waals surface area contributed by atoms with Gasteiger partial charge in [0.1, 0.15) is 11.6 Å². The van der Waals surface area contributed by atoms with Gasteiger partial charge >= 0.3 is 65.3 Å². The van der Waals surface area contributed by atoms with Crippen molar-refractivity contribution in [1.29, 1.82) is 0 Å². The van der Waals surface area contributed by atoms with Gasteiger partial charge in [0.2, 0.25) is 0 Å². The molecule has 0 unspecified atom stereocenters. The van der Waals surface area contributed by atoms with Crippen molar-refractivity contribution in [2.24, 2.45) is 0 Å². The van der Waals surface area contributed by atoms with Gasteiger partial charge in [-0.3, -0.25) is 4.79 Å². The van der Waals surface area contributed by atoms with Crippen molar-refractivity contribution in [2.75, 3.05) is 0 Å². The van der Waals surface area contributed by atoms with E-state index in [0.717, 1.165) is 12.5 Å². The molecule has 0 amide bonds. The van der Waals surface area contributed by atoms with Gasteiger partial charge in [-0.15, -0.1) is 6.07 Å². The second kappa shape index (κ2) is 12.2. The first-order valence-electron chi connectivity index (χ1n) is 8.15. The van der Waals surface area contributed by atoms with Crippen LogP contribution in [-0.4, -0.2) is 16.7 Å². The van der Waals surface area contributed by atoms with E-state index < -0.39 is 17.2 Å². The van der Waals surface area contributed by atoms with E-state index in [2.05, 4.69) is 6.20 Å².